The van der Waals surface area contributed by atoms with E-state index < -0.39 is 7.82 Å². The predicted octanol–water partition coefficient (Wildman–Crippen LogP) is 2.51. The second-order valence-corrected chi connectivity index (χ2v) is 7.24. The predicted molar refractivity (Wildman–Crippen MR) is 81.8 cm³/mol. The van der Waals surface area contributed by atoms with Gasteiger partial charge in [-0.15, -0.1) is 0 Å². The summed E-state index contributed by atoms with van der Waals surface area (Å²) in [7, 11) is 1.14. The summed E-state index contributed by atoms with van der Waals surface area (Å²) in [6, 6.07) is 8.15. The number of para-hydroxylation sites is 1. The first-order valence-corrected chi connectivity index (χ1v) is 8.23. The Kier molecular flexibility index (Phi) is 4.86. The summed E-state index contributed by atoms with van der Waals surface area (Å²) in [5, 5.41) is 1.21. The number of hydrogen-bond acceptors (Lipinski definition) is 3. The van der Waals surface area contributed by atoms with Gasteiger partial charge in [0.2, 0.25) is 0 Å². The number of fused-ring (bicyclic) bond motifs is 1. The van der Waals surface area contributed by atoms with E-state index in [0.717, 1.165) is 25.6 Å². The minimum atomic E-state index is -3.91. The van der Waals surface area contributed by atoms with E-state index in [1.165, 1.54) is 10.9 Å². The van der Waals surface area contributed by atoms with Crippen LogP contribution in [-0.4, -0.2) is 48.8 Å². The second-order valence-electron chi connectivity index (χ2n) is 5.68. The van der Waals surface area contributed by atoms with Gasteiger partial charge in [-0.25, -0.2) is 9.09 Å². The zero-order valence-electron chi connectivity index (χ0n) is 12.6. The highest BCUT2D eigenvalue weighted by atomic mass is 31.2. The van der Waals surface area contributed by atoms with Gasteiger partial charge < -0.3 is 14.4 Å². The van der Waals surface area contributed by atoms with Crippen LogP contribution in [0.25, 0.3) is 10.9 Å². The maximum Gasteiger partial charge on any atom is 0.476 e. The van der Waals surface area contributed by atoms with Crippen molar-refractivity contribution in [1.82, 2.24) is 4.98 Å². The molecule has 0 radical (unpaired) electrons. The molecule has 0 aliphatic carbocycles. The van der Waals surface area contributed by atoms with Crippen LogP contribution in [-0.2, 0) is 20.0 Å². The maximum absolute atomic E-state index is 11.3. The summed E-state index contributed by atoms with van der Waals surface area (Å²) in [6.45, 7) is 0.898. The molecule has 0 amide bonds. The summed E-state index contributed by atoms with van der Waals surface area (Å²) in [5.41, 5.74) is 2.35. The number of nitrogens with zero attached hydrogens (tertiary/aromatic N) is 1. The first kappa shape index (κ1) is 16.2. The van der Waals surface area contributed by atoms with E-state index >= 15 is 0 Å². The standard InChI is InChI=1S/C14H21N2O4P/c1-16(2,11-20-21(17,18)19-3)9-8-12-10-15-14-7-5-4-6-13(12)14/h4-7,10,15H,8-9,11H2,1-3H3/p+1. The molecule has 0 saturated heterocycles. The third-order valence-corrected chi connectivity index (χ3v) is 4.37. The topological polar surface area (TPSA) is 71.6 Å². The summed E-state index contributed by atoms with van der Waals surface area (Å²) in [5.74, 6) is 0. The van der Waals surface area contributed by atoms with Crippen molar-refractivity contribution >= 4 is 18.7 Å². The van der Waals surface area contributed by atoms with Crippen molar-refractivity contribution in [2.24, 2.45) is 0 Å². The first-order chi connectivity index (χ1) is 9.83. The molecule has 1 aromatic heterocycles. The van der Waals surface area contributed by atoms with Crippen LogP contribution in [0.2, 0.25) is 0 Å². The van der Waals surface area contributed by atoms with E-state index in [1.54, 1.807) is 0 Å². The molecular weight excluding hydrogens is 291 g/mol. The van der Waals surface area contributed by atoms with Gasteiger partial charge >= 0.3 is 7.82 Å². The molecule has 1 heterocycles. The number of benzene rings is 1. The fourth-order valence-electron chi connectivity index (χ4n) is 2.11. The van der Waals surface area contributed by atoms with Crippen molar-refractivity contribution in [1.29, 1.82) is 0 Å². The highest BCUT2D eigenvalue weighted by Gasteiger charge is 2.25. The van der Waals surface area contributed by atoms with Gasteiger partial charge in [0, 0.05) is 30.6 Å². The molecular formula is C14H22N2O4P+. The van der Waals surface area contributed by atoms with E-state index in [1.807, 2.05) is 38.5 Å². The SMILES string of the molecule is COP(=O)(O)OC[N+](C)(C)CCc1c[nH]c2ccccc12. The Labute approximate surface area is 124 Å². The molecule has 6 nitrogen and oxygen atoms in total. The molecule has 0 bridgehead atoms. The lowest BCUT2D eigenvalue weighted by molar-refractivity contribution is -0.906. The van der Waals surface area contributed by atoms with Crippen LogP contribution in [0, 0.1) is 0 Å². The van der Waals surface area contributed by atoms with E-state index in [-0.39, 0.29) is 6.73 Å². The third-order valence-electron chi connectivity index (χ3n) is 3.46. The number of rotatable bonds is 7. The largest absolute Gasteiger partial charge is 0.476 e. The smallest absolute Gasteiger partial charge is 0.361 e. The number of aromatic nitrogens is 1. The lowest BCUT2D eigenvalue weighted by atomic mass is 10.1. The Morgan fingerprint density at radius 3 is 2.76 bits per heavy atom. The van der Waals surface area contributed by atoms with Crippen LogP contribution in [0.1, 0.15) is 5.56 Å². The monoisotopic (exact) mass is 313 g/mol. The molecule has 0 aliphatic heterocycles. The van der Waals surface area contributed by atoms with Gasteiger partial charge in [-0.3, -0.25) is 4.52 Å². The maximum atomic E-state index is 11.3. The summed E-state index contributed by atoms with van der Waals surface area (Å²) < 4.78 is 21.2. The van der Waals surface area contributed by atoms with Crippen LogP contribution in [0.15, 0.2) is 30.5 Å². The number of nitrogens with one attached hydrogen (secondary N) is 1. The Morgan fingerprint density at radius 1 is 1.33 bits per heavy atom. The van der Waals surface area contributed by atoms with E-state index in [4.69, 9.17) is 4.52 Å². The number of phosphoric ester groups is 1. The van der Waals surface area contributed by atoms with Crippen LogP contribution in [0.3, 0.4) is 0 Å². The Bertz CT molecular complexity index is 653. The van der Waals surface area contributed by atoms with Gasteiger partial charge in [0.25, 0.3) is 0 Å². The molecule has 1 aromatic carbocycles. The molecule has 1 atom stereocenters. The summed E-state index contributed by atoms with van der Waals surface area (Å²) >= 11 is 0. The summed E-state index contributed by atoms with van der Waals surface area (Å²) in [6.07, 6.45) is 2.86. The molecule has 2 N–H and O–H groups in total. The van der Waals surface area contributed by atoms with Crippen LogP contribution >= 0.6 is 7.82 Å². The molecule has 1 unspecified atom stereocenters. The van der Waals surface area contributed by atoms with Crippen molar-refractivity contribution < 1.29 is 23.0 Å². The van der Waals surface area contributed by atoms with Crippen molar-refractivity contribution in [3.05, 3.63) is 36.0 Å². The number of hydrogen-bond donors (Lipinski definition) is 2. The number of quaternary nitrogens is 1. The third kappa shape index (κ3) is 4.40. The van der Waals surface area contributed by atoms with Crippen molar-refractivity contribution in [2.75, 3.05) is 34.5 Å². The zero-order chi connectivity index (χ0) is 15.5. The van der Waals surface area contributed by atoms with Gasteiger partial charge in [-0.1, -0.05) is 18.2 Å². The van der Waals surface area contributed by atoms with Gasteiger partial charge in [0.15, 0.2) is 6.73 Å². The minimum absolute atomic E-state index is 0.115. The van der Waals surface area contributed by atoms with E-state index in [0.29, 0.717) is 4.48 Å². The van der Waals surface area contributed by atoms with E-state index in [9.17, 15) is 9.46 Å². The number of H-pyrrole nitrogens is 1. The summed E-state index contributed by atoms with van der Waals surface area (Å²) in [4.78, 5) is 12.5. The molecule has 116 valence electrons. The lowest BCUT2D eigenvalue weighted by Gasteiger charge is -2.29. The molecule has 2 aromatic rings. The van der Waals surface area contributed by atoms with Crippen LogP contribution in [0.4, 0.5) is 0 Å². The fraction of sp³-hybridized carbons (Fsp3) is 0.429. The average Bonchev–Trinajstić information content (AvgIpc) is 2.87. The Balaban J connectivity index is 1.96. The van der Waals surface area contributed by atoms with Gasteiger partial charge in [-0.05, 0) is 11.6 Å². The van der Waals surface area contributed by atoms with Crippen LogP contribution in [0.5, 0.6) is 0 Å². The molecule has 0 aliphatic rings. The number of likely N-dealkylation sites (N-methyl/N-ethyl adjacent to an activating group) is 1. The Hall–Kier alpha value is -1.17. The molecule has 7 heteroatoms. The van der Waals surface area contributed by atoms with Gasteiger partial charge in [0.05, 0.1) is 20.6 Å². The molecule has 2 rings (SSSR count). The number of phosphoric acid groups is 1. The number of aromatic amines is 1. The Morgan fingerprint density at radius 2 is 2.05 bits per heavy atom. The molecule has 0 saturated carbocycles. The molecule has 21 heavy (non-hydrogen) atoms. The molecule has 0 fully saturated rings. The average molecular weight is 313 g/mol. The second kappa shape index (κ2) is 6.30. The fourth-order valence-corrected chi connectivity index (χ4v) is 2.67. The molecule has 0 spiro atoms. The highest BCUT2D eigenvalue weighted by Crippen LogP contribution is 2.42. The van der Waals surface area contributed by atoms with Gasteiger partial charge in [-0.2, -0.15) is 0 Å². The quantitative estimate of drug-likeness (QED) is 0.468. The van der Waals surface area contributed by atoms with Crippen molar-refractivity contribution in [3.63, 3.8) is 0 Å². The lowest BCUT2D eigenvalue weighted by Crippen LogP contribution is -2.42. The van der Waals surface area contributed by atoms with Crippen LogP contribution < -0.4 is 0 Å². The minimum Gasteiger partial charge on any atom is -0.361 e. The highest BCUT2D eigenvalue weighted by molar-refractivity contribution is 7.47. The first-order valence-electron chi connectivity index (χ1n) is 6.73. The zero-order valence-corrected chi connectivity index (χ0v) is 13.5. The van der Waals surface area contributed by atoms with E-state index in [2.05, 4.69) is 15.6 Å². The van der Waals surface area contributed by atoms with Crippen molar-refractivity contribution in [2.45, 2.75) is 6.42 Å². The van der Waals surface area contributed by atoms with Gasteiger partial charge in [0.1, 0.15) is 0 Å². The van der Waals surface area contributed by atoms with Crippen molar-refractivity contribution in [3.8, 4) is 0 Å². The normalized spacial score (nSPS) is 15.2.